The minimum atomic E-state index is -0.0585. The Morgan fingerprint density at radius 3 is 3.07 bits per heavy atom. The summed E-state index contributed by atoms with van der Waals surface area (Å²) in [6, 6.07) is 7.31. The van der Waals surface area contributed by atoms with Gasteiger partial charge < -0.3 is 4.98 Å². The van der Waals surface area contributed by atoms with E-state index in [1.165, 1.54) is 12.3 Å². The van der Waals surface area contributed by atoms with Gasteiger partial charge in [-0.3, -0.25) is 4.79 Å². The van der Waals surface area contributed by atoms with E-state index < -0.39 is 0 Å². The van der Waals surface area contributed by atoms with Crippen molar-refractivity contribution in [3.05, 3.63) is 46.4 Å². The first-order valence-corrected chi connectivity index (χ1v) is 4.72. The first kappa shape index (κ1) is 8.23. The molecular weight excluding hydrogens is 190 g/mol. The molecule has 0 aliphatic carbocycles. The molecular formula is C11H9N3O. The number of imidazole rings is 1. The highest BCUT2D eigenvalue weighted by Gasteiger charge is 2.06. The van der Waals surface area contributed by atoms with Crippen LogP contribution in [-0.4, -0.2) is 14.4 Å². The molecule has 0 radical (unpaired) electrons. The molecule has 0 saturated carbocycles. The van der Waals surface area contributed by atoms with Gasteiger partial charge in [-0.05, 0) is 18.6 Å². The highest BCUT2D eigenvalue weighted by molar-refractivity contribution is 5.82. The molecule has 0 saturated heterocycles. The van der Waals surface area contributed by atoms with Crippen LogP contribution in [0.4, 0.5) is 0 Å². The molecule has 3 aromatic rings. The molecule has 2 aromatic heterocycles. The maximum atomic E-state index is 11.7. The molecule has 0 atom stereocenters. The maximum absolute atomic E-state index is 11.7. The molecule has 4 heteroatoms. The molecule has 1 N–H and O–H groups in total. The second kappa shape index (κ2) is 2.70. The van der Waals surface area contributed by atoms with Crippen molar-refractivity contribution < 1.29 is 0 Å². The van der Waals surface area contributed by atoms with Gasteiger partial charge in [-0.15, -0.1) is 0 Å². The van der Waals surface area contributed by atoms with E-state index in [1.807, 2.05) is 25.1 Å². The third-order valence-corrected chi connectivity index (χ3v) is 2.57. The summed E-state index contributed by atoms with van der Waals surface area (Å²) in [7, 11) is 0. The lowest BCUT2D eigenvalue weighted by atomic mass is 10.2. The zero-order valence-corrected chi connectivity index (χ0v) is 8.19. The third-order valence-electron chi connectivity index (χ3n) is 2.57. The van der Waals surface area contributed by atoms with Crippen molar-refractivity contribution >= 4 is 16.8 Å². The summed E-state index contributed by atoms with van der Waals surface area (Å²) in [5, 5.41) is 0. The Hall–Kier alpha value is -2.10. The number of aromatic amines is 1. The van der Waals surface area contributed by atoms with Gasteiger partial charge in [0.05, 0.1) is 11.0 Å². The van der Waals surface area contributed by atoms with Gasteiger partial charge in [-0.25, -0.2) is 9.38 Å². The van der Waals surface area contributed by atoms with E-state index in [1.54, 1.807) is 4.40 Å². The number of aromatic nitrogens is 3. The van der Waals surface area contributed by atoms with Gasteiger partial charge >= 0.3 is 0 Å². The number of para-hydroxylation sites is 1. The fraction of sp³-hybridized carbons (Fsp3) is 0.0909. The molecule has 15 heavy (non-hydrogen) atoms. The van der Waals surface area contributed by atoms with Crippen LogP contribution >= 0.6 is 0 Å². The molecule has 0 spiro atoms. The number of hydrogen-bond acceptors (Lipinski definition) is 2. The average molecular weight is 199 g/mol. The van der Waals surface area contributed by atoms with Crippen LogP contribution in [0.1, 0.15) is 5.56 Å². The first-order valence-electron chi connectivity index (χ1n) is 4.72. The molecule has 74 valence electrons. The highest BCUT2D eigenvalue weighted by atomic mass is 16.1. The van der Waals surface area contributed by atoms with Gasteiger partial charge in [0.2, 0.25) is 5.78 Å². The molecule has 0 amide bonds. The van der Waals surface area contributed by atoms with E-state index in [9.17, 15) is 4.79 Å². The summed E-state index contributed by atoms with van der Waals surface area (Å²) in [6.45, 7) is 2.00. The lowest BCUT2D eigenvalue weighted by Crippen LogP contribution is -2.10. The molecule has 0 fully saturated rings. The summed E-state index contributed by atoms with van der Waals surface area (Å²) in [6.07, 6.45) is 1.52. The molecule has 0 aliphatic heterocycles. The molecule has 0 unspecified atom stereocenters. The van der Waals surface area contributed by atoms with Crippen molar-refractivity contribution in [2.24, 2.45) is 0 Å². The minimum absolute atomic E-state index is 0.0585. The van der Waals surface area contributed by atoms with Crippen LogP contribution in [0.15, 0.2) is 35.3 Å². The Bertz CT molecular complexity index is 708. The number of H-pyrrole nitrogens is 1. The lowest BCUT2D eigenvalue weighted by molar-refractivity contribution is 1.08. The number of nitrogens with zero attached hydrogens (tertiary/aromatic N) is 2. The van der Waals surface area contributed by atoms with Crippen LogP contribution in [0.25, 0.3) is 16.8 Å². The summed E-state index contributed by atoms with van der Waals surface area (Å²) in [5.41, 5.74) is 2.89. The summed E-state index contributed by atoms with van der Waals surface area (Å²) < 4.78 is 1.59. The molecule has 1 aromatic carbocycles. The average Bonchev–Trinajstić information content (AvgIpc) is 2.59. The van der Waals surface area contributed by atoms with E-state index in [4.69, 9.17) is 0 Å². The second-order valence-corrected chi connectivity index (χ2v) is 3.54. The van der Waals surface area contributed by atoms with Crippen molar-refractivity contribution in [2.75, 3.05) is 0 Å². The molecule has 3 rings (SSSR count). The number of nitrogens with one attached hydrogen (secondary N) is 1. The largest absolute Gasteiger partial charge is 0.323 e. The predicted octanol–water partition coefficient (Wildman–Crippen LogP) is 1.48. The number of hydrogen-bond donors (Lipinski definition) is 1. The maximum Gasteiger partial charge on any atom is 0.259 e. The highest BCUT2D eigenvalue weighted by Crippen LogP contribution is 2.16. The van der Waals surface area contributed by atoms with Crippen LogP contribution in [0.5, 0.6) is 0 Å². The van der Waals surface area contributed by atoms with Gasteiger partial charge in [0, 0.05) is 12.3 Å². The summed E-state index contributed by atoms with van der Waals surface area (Å²) in [5.74, 6) is 0.590. The van der Waals surface area contributed by atoms with Gasteiger partial charge in [-0.2, -0.15) is 0 Å². The van der Waals surface area contributed by atoms with Crippen molar-refractivity contribution in [3.8, 4) is 0 Å². The Kier molecular flexibility index (Phi) is 1.48. The quantitative estimate of drug-likeness (QED) is 0.596. The van der Waals surface area contributed by atoms with Crippen molar-refractivity contribution in [1.29, 1.82) is 0 Å². The minimum Gasteiger partial charge on any atom is -0.323 e. The van der Waals surface area contributed by atoms with Crippen LogP contribution in [-0.2, 0) is 0 Å². The molecule has 2 heterocycles. The van der Waals surface area contributed by atoms with Gasteiger partial charge in [0.1, 0.15) is 0 Å². The third kappa shape index (κ3) is 1.01. The number of rotatable bonds is 0. The van der Waals surface area contributed by atoms with Gasteiger partial charge in [-0.1, -0.05) is 12.1 Å². The van der Waals surface area contributed by atoms with Gasteiger partial charge in [0.25, 0.3) is 5.56 Å². The van der Waals surface area contributed by atoms with Crippen molar-refractivity contribution in [3.63, 3.8) is 0 Å². The topological polar surface area (TPSA) is 50.2 Å². The van der Waals surface area contributed by atoms with Crippen LogP contribution in [0.2, 0.25) is 0 Å². The van der Waals surface area contributed by atoms with E-state index in [0.29, 0.717) is 5.78 Å². The Balaban J connectivity index is 2.71. The van der Waals surface area contributed by atoms with E-state index in [2.05, 4.69) is 9.97 Å². The van der Waals surface area contributed by atoms with Crippen molar-refractivity contribution in [2.45, 2.75) is 6.92 Å². The van der Waals surface area contributed by atoms with Crippen LogP contribution in [0.3, 0.4) is 0 Å². The fourth-order valence-corrected chi connectivity index (χ4v) is 1.84. The normalized spacial score (nSPS) is 11.3. The van der Waals surface area contributed by atoms with E-state index >= 15 is 0 Å². The van der Waals surface area contributed by atoms with Crippen molar-refractivity contribution in [1.82, 2.24) is 14.4 Å². The zero-order valence-electron chi connectivity index (χ0n) is 8.19. The molecule has 4 nitrogen and oxygen atoms in total. The standard InChI is InChI=1S/C11H9N3O/c1-7-3-2-4-8-10(7)13-11-12-6-5-9(15)14(8)11/h2-6H,1H3,(H,12,13). The first-order chi connectivity index (χ1) is 7.27. The Morgan fingerprint density at radius 1 is 1.33 bits per heavy atom. The SMILES string of the molecule is Cc1cccc2c1[nH]c1nccc(=O)n12. The smallest absolute Gasteiger partial charge is 0.259 e. The molecule has 0 aliphatic rings. The monoisotopic (exact) mass is 199 g/mol. The van der Waals surface area contributed by atoms with E-state index in [-0.39, 0.29) is 5.56 Å². The molecule has 0 bridgehead atoms. The van der Waals surface area contributed by atoms with Crippen LogP contribution < -0.4 is 5.56 Å². The lowest BCUT2D eigenvalue weighted by Gasteiger charge is -1.94. The van der Waals surface area contributed by atoms with E-state index in [0.717, 1.165) is 16.6 Å². The number of aryl methyl sites for hydroxylation is 1. The Labute approximate surface area is 85.2 Å². The summed E-state index contributed by atoms with van der Waals surface area (Å²) in [4.78, 5) is 18.9. The second-order valence-electron chi connectivity index (χ2n) is 3.54. The van der Waals surface area contributed by atoms with Crippen LogP contribution in [0, 0.1) is 6.92 Å². The summed E-state index contributed by atoms with van der Waals surface area (Å²) >= 11 is 0. The fourth-order valence-electron chi connectivity index (χ4n) is 1.84. The number of benzene rings is 1. The van der Waals surface area contributed by atoms with Gasteiger partial charge in [0.15, 0.2) is 0 Å². The number of fused-ring (bicyclic) bond motifs is 3. The predicted molar refractivity (Wildman–Crippen MR) is 58.1 cm³/mol. The Morgan fingerprint density at radius 2 is 2.20 bits per heavy atom. The zero-order chi connectivity index (χ0) is 10.4.